The van der Waals surface area contributed by atoms with Crippen LogP contribution in [0.25, 0.3) is 0 Å². The lowest BCUT2D eigenvalue weighted by Crippen LogP contribution is -2.22. The fraction of sp³-hybridized carbons (Fsp3) is 0.429. The van der Waals surface area contributed by atoms with Gasteiger partial charge in [-0.1, -0.05) is 0 Å². The second kappa shape index (κ2) is 4.00. The van der Waals surface area contributed by atoms with Gasteiger partial charge in [-0.05, 0) is 0 Å². The van der Waals surface area contributed by atoms with Crippen LogP contribution in [-0.2, 0) is 0 Å². The van der Waals surface area contributed by atoms with Crippen LogP contribution in [0.4, 0.5) is 19.0 Å². The third-order valence-corrected chi connectivity index (χ3v) is 1.72. The van der Waals surface area contributed by atoms with Crippen LogP contribution < -0.4 is 5.73 Å². The van der Waals surface area contributed by atoms with E-state index < -0.39 is 19.1 Å². The molecule has 1 atom stereocenters. The average Bonchev–Trinajstić information content (AvgIpc) is 2.49. The topological polar surface area (TPSA) is 67.6 Å². The summed E-state index contributed by atoms with van der Waals surface area (Å²) in [7, 11) is 0. The molecule has 1 heterocycles. The minimum Gasteiger partial charge on any atom is -0.383 e. The molecule has 0 bridgehead atoms. The number of alkyl halides is 3. The van der Waals surface area contributed by atoms with Gasteiger partial charge in [-0.2, -0.15) is 10.4 Å². The van der Waals surface area contributed by atoms with Crippen molar-refractivity contribution in [2.75, 3.05) is 12.4 Å². The minimum atomic E-state index is -2.91. The minimum absolute atomic E-state index is 0.0379. The van der Waals surface area contributed by atoms with Gasteiger partial charge in [-0.15, -0.1) is 0 Å². The van der Waals surface area contributed by atoms with Crippen molar-refractivity contribution in [3.8, 4) is 6.07 Å². The van der Waals surface area contributed by atoms with Crippen molar-refractivity contribution in [1.29, 1.82) is 5.26 Å². The maximum Gasteiger partial charge on any atom is 0.263 e. The molecule has 1 unspecified atom stereocenters. The highest BCUT2D eigenvalue weighted by molar-refractivity contribution is 5.47. The molecular formula is C7H7F3N4. The highest BCUT2D eigenvalue weighted by Gasteiger charge is 2.25. The summed E-state index contributed by atoms with van der Waals surface area (Å²) in [4.78, 5) is 0. The van der Waals surface area contributed by atoms with Gasteiger partial charge in [-0.25, -0.2) is 17.9 Å². The Morgan fingerprint density at radius 1 is 1.64 bits per heavy atom. The van der Waals surface area contributed by atoms with E-state index in [1.807, 2.05) is 0 Å². The van der Waals surface area contributed by atoms with Crippen LogP contribution in [0.2, 0.25) is 0 Å². The Bertz CT molecular complexity index is 354. The number of nitrogens with zero attached hydrogens (tertiary/aromatic N) is 3. The average molecular weight is 204 g/mol. The van der Waals surface area contributed by atoms with E-state index in [0.29, 0.717) is 4.68 Å². The number of nitriles is 1. The summed E-state index contributed by atoms with van der Waals surface area (Å²) in [5.41, 5.74) is 5.27. The van der Waals surface area contributed by atoms with Crippen LogP contribution in [0.5, 0.6) is 0 Å². The van der Waals surface area contributed by atoms with Crippen LogP contribution in [-0.4, -0.2) is 22.9 Å². The molecule has 0 fully saturated rings. The van der Waals surface area contributed by atoms with Crippen molar-refractivity contribution < 1.29 is 13.2 Å². The second-order valence-electron chi connectivity index (χ2n) is 2.56. The van der Waals surface area contributed by atoms with Gasteiger partial charge in [0.2, 0.25) is 0 Å². The van der Waals surface area contributed by atoms with Crippen molar-refractivity contribution in [3.05, 3.63) is 11.8 Å². The summed E-state index contributed by atoms with van der Waals surface area (Å²) >= 11 is 0. The van der Waals surface area contributed by atoms with Crippen LogP contribution in [0.15, 0.2) is 6.20 Å². The van der Waals surface area contributed by atoms with Crippen LogP contribution >= 0.6 is 0 Å². The molecule has 76 valence electrons. The number of anilines is 1. The van der Waals surface area contributed by atoms with E-state index in [4.69, 9.17) is 11.0 Å². The van der Waals surface area contributed by atoms with E-state index >= 15 is 0 Å². The van der Waals surface area contributed by atoms with E-state index in [9.17, 15) is 13.2 Å². The number of halogens is 3. The SMILES string of the molecule is N#Cc1cnn(C(CF)C(F)F)c1N. The Morgan fingerprint density at radius 3 is 2.64 bits per heavy atom. The van der Waals surface area contributed by atoms with Crippen molar-refractivity contribution >= 4 is 5.82 Å². The predicted octanol–water partition coefficient (Wildman–Crippen LogP) is 1.11. The summed E-state index contributed by atoms with van der Waals surface area (Å²) in [5, 5.41) is 11.9. The standard InChI is InChI=1S/C7H7F3N4/c8-1-5(6(9)10)14-7(12)4(2-11)3-13-14/h3,5-6H,1,12H2. The van der Waals surface area contributed by atoms with E-state index in [1.165, 1.54) is 0 Å². The van der Waals surface area contributed by atoms with Crippen molar-refractivity contribution in [2.45, 2.75) is 12.5 Å². The quantitative estimate of drug-likeness (QED) is 0.801. The lowest BCUT2D eigenvalue weighted by Gasteiger charge is -2.13. The molecular weight excluding hydrogens is 197 g/mol. The number of nitrogens with two attached hydrogens (primary N) is 1. The molecule has 7 heteroatoms. The first-order valence-corrected chi connectivity index (χ1v) is 3.69. The van der Waals surface area contributed by atoms with Crippen molar-refractivity contribution in [1.82, 2.24) is 9.78 Å². The van der Waals surface area contributed by atoms with Crippen LogP contribution in [0, 0.1) is 11.3 Å². The Balaban J connectivity index is 3.06. The number of hydrogen-bond acceptors (Lipinski definition) is 3. The monoisotopic (exact) mass is 204 g/mol. The molecule has 0 aliphatic heterocycles. The fourth-order valence-corrected chi connectivity index (χ4v) is 0.962. The Hall–Kier alpha value is -1.71. The largest absolute Gasteiger partial charge is 0.383 e. The first-order chi connectivity index (χ1) is 6.61. The van der Waals surface area contributed by atoms with Gasteiger partial charge in [0.05, 0.1) is 6.20 Å². The molecule has 0 aliphatic carbocycles. The first kappa shape index (κ1) is 10.4. The normalized spacial score (nSPS) is 12.8. The third-order valence-electron chi connectivity index (χ3n) is 1.72. The summed E-state index contributed by atoms with van der Waals surface area (Å²) in [6.07, 6.45) is -1.88. The van der Waals surface area contributed by atoms with Crippen LogP contribution in [0.3, 0.4) is 0 Å². The second-order valence-corrected chi connectivity index (χ2v) is 2.56. The van der Waals surface area contributed by atoms with Gasteiger partial charge in [0.15, 0.2) is 0 Å². The van der Waals surface area contributed by atoms with Gasteiger partial charge in [-0.3, -0.25) is 0 Å². The molecule has 2 N–H and O–H groups in total. The summed E-state index contributed by atoms with van der Waals surface area (Å²) in [6, 6.07) is -0.0671. The fourth-order valence-electron chi connectivity index (χ4n) is 0.962. The molecule has 0 amide bonds. The Morgan fingerprint density at radius 2 is 2.29 bits per heavy atom. The predicted molar refractivity (Wildman–Crippen MR) is 42.4 cm³/mol. The van der Waals surface area contributed by atoms with E-state index in [2.05, 4.69) is 5.10 Å². The van der Waals surface area contributed by atoms with Gasteiger partial charge >= 0.3 is 0 Å². The van der Waals surface area contributed by atoms with Gasteiger partial charge in [0.1, 0.15) is 30.2 Å². The molecule has 0 radical (unpaired) electrons. The zero-order valence-corrected chi connectivity index (χ0v) is 6.99. The highest BCUT2D eigenvalue weighted by Crippen LogP contribution is 2.21. The number of hydrogen-bond donors (Lipinski definition) is 1. The number of rotatable bonds is 3. The van der Waals surface area contributed by atoms with E-state index in [-0.39, 0.29) is 11.4 Å². The summed E-state index contributed by atoms with van der Waals surface area (Å²) in [6.45, 7) is -1.28. The number of nitrogen functional groups attached to an aromatic ring is 1. The van der Waals surface area contributed by atoms with Crippen LogP contribution in [0.1, 0.15) is 11.6 Å². The van der Waals surface area contributed by atoms with Crippen molar-refractivity contribution in [3.63, 3.8) is 0 Å². The molecule has 0 aliphatic rings. The molecule has 0 aromatic carbocycles. The molecule has 4 nitrogen and oxygen atoms in total. The smallest absolute Gasteiger partial charge is 0.263 e. The maximum absolute atomic E-state index is 12.2. The molecule has 1 aromatic rings. The van der Waals surface area contributed by atoms with Crippen molar-refractivity contribution in [2.24, 2.45) is 0 Å². The van der Waals surface area contributed by atoms with E-state index in [0.717, 1.165) is 6.20 Å². The van der Waals surface area contributed by atoms with Gasteiger partial charge in [0.25, 0.3) is 6.43 Å². The van der Waals surface area contributed by atoms with Gasteiger partial charge < -0.3 is 5.73 Å². The Labute approximate surface area is 77.7 Å². The molecule has 1 rings (SSSR count). The first-order valence-electron chi connectivity index (χ1n) is 3.69. The maximum atomic E-state index is 12.2. The summed E-state index contributed by atoms with van der Waals surface area (Å²) < 4.78 is 37.3. The number of aromatic nitrogens is 2. The lowest BCUT2D eigenvalue weighted by molar-refractivity contribution is 0.0635. The zero-order valence-electron chi connectivity index (χ0n) is 6.99. The molecule has 0 saturated heterocycles. The Kier molecular flexibility index (Phi) is 2.96. The van der Waals surface area contributed by atoms with E-state index in [1.54, 1.807) is 6.07 Å². The lowest BCUT2D eigenvalue weighted by atomic mass is 10.3. The highest BCUT2D eigenvalue weighted by atomic mass is 19.3. The third kappa shape index (κ3) is 1.64. The molecule has 1 aromatic heterocycles. The molecule has 0 saturated carbocycles. The molecule has 0 spiro atoms. The molecule has 14 heavy (non-hydrogen) atoms. The zero-order chi connectivity index (χ0) is 10.7. The van der Waals surface area contributed by atoms with Gasteiger partial charge in [0, 0.05) is 0 Å². The summed E-state index contributed by atoms with van der Waals surface area (Å²) in [5.74, 6) is -0.240.